The number of aliphatic hydroxyl groups is 2. The van der Waals surface area contributed by atoms with Crippen molar-refractivity contribution in [3.8, 4) is 0 Å². The number of benzene rings is 1. The summed E-state index contributed by atoms with van der Waals surface area (Å²) in [6.45, 7) is 1.21. The number of rotatable bonds is 5. The number of ether oxygens (including phenoxy) is 1. The summed E-state index contributed by atoms with van der Waals surface area (Å²) in [5.41, 5.74) is 1.55. The average Bonchev–Trinajstić information content (AvgIpc) is 2.87. The molecule has 0 fully saturated rings. The first-order valence-corrected chi connectivity index (χ1v) is 6.21. The van der Waals surface area contributed by atoms with Crippen LogP contribution in [0, 0.1) is 0 Å². The van der Waals surface area contributed by atoms with Crippen molar-refractivity contribution in [1.29, 1.82) is 0 Å². The number of nitrogens with one attached hydrogen (secondary N) is 1. The summed E-state index contributed by atoms with van der Waals surface area (Å²) in [6, 6.07) is 7.52. The highest BCUT2D eigenvalue weighted by Crippen LogP contribution is 2.29. The van der Waals surface area contributed by atoms with Gasteiger partial charge in [-0.05, 0) is 6.07 Å². The van der Waals surface area contributed by atoms with E-state index in [-0.39, 0.29) is 6.42 Å². The second-order valence-electron chi connectivity index (χ2n) is 4.30. The average molecular weight is 263 g/mol. The van der Waals surface area contributed by atoms with Crippen LogP contribution in [0.25, 0.3) is 10.9 Å². The van der Waals surface area contributed by atoms with Gasteiger partial charge in [-0.25, -0.2) is 0 Å². The molecular formula is C14H17NO4. The molecule has 1 aromatic heterocycles. The minimum Gasteiger partial charge on any atom is -0.455 e. The fourth-order valence-corrected chi connectivity index (χ4v) is 2.00. The summed E-state index contributed by atoms with van der Waals surface area (Å²) in [4.78, 5) is 14.5. The fraction of sp³-hybridized carbons (Fsp3) is 0.357. The zero-order valence-corrected chi connectivity index (χ0v) is 10.7. The molecule has 102 valence electrons. The summed E-state index contributed by atoms with van der Waals surface area (Å²) in [6.07, 6.45) is -0.1000. The summed E-state index contributed by atoms with van der Waals surface area (Å²) in [5.74, 6) is -0.414. The normalized spacial score (nSPS) is 14.3. The monoisotopic (exact) mass is 263 g/mol. The van der Waals surface area contributed by atoms with E-state index in [0.29, 0.717) is 5.56 Å². The number of hydrogen-bond donors (Lipinski definition) is 3. The Morgan fingerprint density at radius 2 is 2.16 bits per heavy atom. The number of fused-ring (bicyclic) bond motifs is 1. The third kappa shape index (κ3) is 2.77. The third-order valence-electron chi connectivity index (χ3n) is 3.01. The van der Waals surface area contributed by atoms with Gasteiger partial charge in [0.2, 0.25) is 0 Å². The van der Waals surface area contributed by atoms with Gasteiger partial charge in [-0.1, -0.05) is 25.1 Å². The van der Waals surface area contributed by atoms with Gasteiger partial charge in [0.25, 0.3) is 0 Å². The van der Waals surface area contributed by atoms with Gasteiger partial charge < -0.3 is 19.9 Å². The van der Waals surface area contributed by atoms with Crippen LogP contribution in [0.4, 0.5) is 0 Å². The van der Waals surface area contributed by atoms with E-state index in [1.54, 1.807) is 13.1 Å². The van der Waals surface area contributed by atoms with Gasteiger partial charge in [-0.15, -0.1) is 0 Å². The van der Waals surface area contributed by atoms with Crippen LogP contribution in [-0.4, -0.2) is 33.9 Å². The van der Waals surface area contributed by atoms with Gasteiger partial charge in [0.05, 0.1) is 6.61 Å². The van der Waals surface area contributed by atoms with Crippen LogP contribution >= 0.6 is 0 Å². The molecule has 5 nitrogen and oxygen atoms in total. The number of carbonyl (C=O) groups is 1. The zero-order valence-electron chi connectivity index (χ0n) is 10.7. The van der Waals surface area contributed by atoms with Crippen LogP contribution in [0.15, 0.2) is 30.5 Å². The van der Waals surface area contributed by atoms with E-state index < -0.39 is 24.8 Å². The second kappa shape index (κ2) is 5.86. The van der Waals surface area contributed by atoms with Crippen molar-refractivity contribution in [3.05, 3.63) is 36.0 Å². The molecule has 3 N–H and O–H groups in total. The molecule has 0 saturated heterocycles. The molecule has 2 aromatic rings. The van der Waals surface area contributed by atoms with Crippen molar-refractivity contribution in [1.82, 2.24) is 4.98 Å². The van der Waals surface area contributed by atoms with E-state index >= 15 is 0 Å². The minimum atomic E-state index is -1.14. The molecule has 0 spiro atoms. The number of hydrogen-bond acceptors (Lipinski definition) is 4. The van der Waals surface area contributed by atoms with E-state index in [0.717, 1.165) is 10.9 Å². The van der Waals surface area contributed by atoms with Gasteiger partial charge in [0.15, 0.2) is 6.10 Å². The Kier molecular flexibility index (Phi) is 4.19. The lowest BCUT2D eigenvalue weighted by atomic mass is 10.0. The van der Waals surface area contributed by atoms with Crippen molar-refractivity contribution in [3.63, 3.8) is 0 Å². The Morgan fingerprint density at radius 1 is 1.42 bits per heavy atom. The Hall–Kier alpha value is -1.85. The van der Waals surface area contributed by atoms with Crippen LogP contribution < -0.4 is 0 Å². The molecule has 0 amide bonds. The van der Waals surface area contributed by atoms with Crippen LogP contribution in [0.2, 0.25) is 0 Å². The predicted octanol–water partition coefficient (Wildman–Crippen LogP) is 1.52. The maximum absolute atomic E-state index is 11.4. The van der Waals surface area contributed by atoms with Crippen LogP contribution in [0.5, 0.6) is 0 Å². The molecule has 19 heavy (non-hydrogen) atoms. The number of aliphatic hydroxyl groups excluding tert-OH is 2. The lowest BCUT2D eigenvalue weighted by molar-refractivity contribution is -0.156. The summed E-state index contributed by atoms with van der Waals surface area (Å²) < 4.78 is 5.24. The van der Waals surface area contributed by atoms with E-state index in [1.165, 1.54) is 0 Å². The number of aromatic nitrogens is 1. The number of carbonyl (C=O) groups excluding carboxylic acids is 1. The number of aromatic amines is 1. The first-order valence-electron chi connectivity index (χ1n) is 6.21. The summed E-state index contributed by atoms with van der Waals surface area (Å²) in [5, 5.41) is 19.8. The highest BCUT2D eigenvalue weighted by molar-refractivity contribution is 5.84. The molecule has 0 aliphatic heterocycles. The largest absolute Gasteiger partial charge is 0.455 e. The number of para-hydroxylation sites is 1. The topological polar surface area (TPSA) is 82.6 Å². The Bertz CT molecular complexity index is 563. The van der Waals surface area contributed by atoms with Crippen LogP contribution in [0.1, 0.15) is 25.0 Å². The lowest BCUT2D eigenvalue weighted by Crippen LogP contribution is -2.26. The Morgan fingerprint density at radius 3 is 2.84 bits per heavy atom. The molecule has 1 heterocycles. The van der Waals surface area contributed by atoms with Crippen molar-refractivity contribution < 1.29 is 19.7 Å². The highest BCUT2D eigenvalue weighted by atomic mass is 16.6. The fourth-order valence-electron chi connectivity index (χ4n) is 2.00. The molecule has 0 aliphatic rings. The quantitative estimate of drug-likeness (QED) is 0.714. The number of esters is 1. The van der Waals surface area contributed by atoms with Crippen LogP contribution in [-0.2, 0) is 9.53 Å². The third-order valence-corrected chi connectivity index (χ3v) is 3.01. The molecule has 2 atom stereocenters. The molecular weight excluding hydrogens is 246 g/mol. The van der Waals surface area contributed by atoms with Crippen molar-refractivity contribution in [2.75, 3.05) is 6.61 Å². The predicted molar refractivity (Wildman–Crippen MR) is 70.5 cm³/mol. The molecule has 1 aromatic carbocycles. The Balaban J connectivity index is 2.39. The maximum atomic E-state index is 11.4. The van der Waals surface area contributed by atoms with Gasteiger partial charge in [0.1, 0.15) is 6.10 Å². The van der Waals surface area contributed by atoms with E-state index in [4.69, 9.17) is 9.84 Å². The van der Waals surface area contributed by atoms with Gasteiger partial charge in [-0.2, -0.15) is 0 Å². The molecule has 2 unspecified atom stereocenters. The van der Waals surface area contributed by atoms with Gasteiger partial charge >= 0.3 is 5.97 Å². The molecule has 5 heteroatoms. The molecule has 2 rings (SSSR count). The first-order chi connectivity index (χ1) is 9.17. The second-order valence-corrected chi connectivity index (χ2v) is 4.30. The lowest BCUT2D eigenvalue weighted by Gasteiger charge is -2.21. The summed E-state index contributed by atoms with van der Waals surface area (Å²) >= 11 is 0. The van der Waals surface area contributed by atoms with Gasteiger partial charge in [-0.3, -0.25) is 4.79 Å². The highest BCUT2D eigenvalue weighted by Gasteiger charge is 2.26. The first kappa shape index (κ1) is 13.6. The number of H-pyrrole nitrogens is 1. The molecule has 0 bridgehead atoms. The van der Waals surface area contributed by atoms with Crippen molar-refractivity contribution in [2.24, 2.45) is 0 Å². The van der Waals surface area contributed by atoms with E-state index in [2.05, 4.69) is 4.98 Å². The smallest absolute Gasteiger partial charge is 0.306 e. The Labute approximate surface area is 110 Å². The van der Waals surface area contributed by atoms with Gasteiger partial charge in [0, 0.05) is 29.1 Å². The van der Waals surface area contributed by atoms with E-state index in [1.807, 2.05) is 24.3 Å². The van der Waals surface area contributed by atoms with E-state index in [9.17, 15) is 9.90 Å². The van der Waals surface area contributed by atoms with Crippen molar-refractivity contribution in [2.45, 2.75) is 25.6 Å². The van der Waals surface area contributed by atoms with Crippen molar-refractivity contribution >= 4 is 16.9 Å². The maximum Gasteiger partial charge on any atom is 0.306 e. The van der Waals surface area contributed by atoms with Crippen LogP contribution in [0.3, 0.4) is 0 Å². The SMILES string of the molecule is CCC(=O)OC(c1c[nH]c2ccccc12)C(O)CO. The molecule has 0 aliphatic carbocycles. The zero-order chi connectivity index (χ0) is 13.8. The standard InChI is InChI=1S/C14H17NO4/c1-2-13(18)19-14(12(17)8-16)10-7-15-11-6-4-3-5-9(10)11/h3-7,12,14-17H,2,8H2,1H3. The molecule has 0 saturated carbocycles. The molecule has 0 radical (unpaired) electrons. The minimum absolute atomic E-state index is 0.219. The summed E-state index contributed by atoms with van der Waals surface area (Å²) in [7, 11) is 0.